The Morgan fingerprint density at radius 1 is 1.13 bits per heavy atom. The Labute approximate surface area is 223 Å². The van der Waals surface area contributed by atoms with Gasteiger partial charge in [-0.05, 0) is 66.9 Å². The van der Waals surface area contributed by atoms with Gasteiger partial charge in [0.1, 0.15) is 18.1 Å². The van der Waals surface area contributed by atoms with Gasteiger partial charge in [-0.3, -0.25) is 9.59 Å². The molecule has 1 fully saturated rings. The summed E-state index contributed by atoms with van der Waals surface area (Å²) in [7, 11) is 0. The van der Waals surface area contributed by atoms with Gasteiger partial charge in [0.2, 0.25) is 18.5 Å². The molecular formula is C27H28N6O6. The molecule has 12 heteroatoms. The topological polar surface area (TPSA) is 138 Å². The molecule has 12 nitrogen and oxygen atoms in total. The van der Waals surface area contributed by atoms with Crippen LogP contribution in [0.25, 0.3) is 11.6 Å². The van der Waals surface area contributed by atoms with Gasteiger partial charge in [0.15, 0.2) is 23.3 Å². The molecular weight excluding hydrogens is 504 g/mol. The molecule has 4 heterocycles. The lowest BCUT2D eigenvalue weighted by atomic mass is 10.1. The van der Waals surface area contributed by atoms with Gasteiger partial charge in [-0.1, -0.05) is 18.9 Å². The van der Waals surface area contributed by atoms with Crippen LogP contribution in [0.5, 0.6) is 11.5 Å². The predicted molar refractivity (Wildman–Crippen MR) is 135 cm³/mol. The Kier molecular flexibility index (Phi) is 6.74. The fourth-order valence-corrected chi connectivity index (χ4v) is 4.96. The minimum absolute atomic E-state index is 0.0637. The van der Waals surface area contributed by atoms with E-state index in [9.17, 15) is 9.59 Å². The standard InChI is InChI=1S/C27H28N6O6/c1-17-8-10-22(39-17)26-29-31-33(30-26)15-24(34)32(14-18-9-11-20-23(13-18)38-16-37-20)25(21-7-4-12-36-21)27(35)28-19-5-2-3-6-19/h4,7-13,19,25H,2-3,5-6,14-16H2,1H3,(H,28,35). The fraction of sp³-hybridized carbons (Fsp3) is 0.370. The van der Waals surface area contributed by atoms with Crippen molar-refractivity contribution in [2.24, 2.45) is 0 Å². The summed E-state index contributed by atoms with van der Waals surface area (Å²) in [6.45, 7) is 1.82. The van der Waals surface area contributed by atoms with Crippen molar-refractivity contribution < 1.29 is 27.9 Å². The number of amides is 2. The van der Waals surface area contributed by atoms with E-state index in [4.69, 9.17) is 18.3 Å². The molecule has 1 unspecified atom stereocenters. The molecule has 0 radical (unpaired) electrons. The van der Waals surface area contributed by atoms with Crippen LogP contribution in [0.1, 0.15) is 48.8 Å². The van der Waals surface area contributed by atoms with Crippen LogP contribution in [0.4, 0.5) is 0 Å². The zero-order valence-corrected chi connectivity index (χ0v) is 21.4. The maximum Gasteiger partial charge on any atom is 0.250 e. The second kappa shape index (κ2) is 10.6. The van der Waals surface area contributed by atoms with E-state index in [1.165, 1.54) is 16.0 Å². The van der Waals surface area contributed by atoms with E-state index in [1.807, 2.05) is 19.1 Å². The second-order valence-electron chi connectivity index (χ2n) is 9.67. The normalized spacial score (nSPS) is 15.4. The number of nitrogens with zero attached hydrogens (tertiary/aromatic N) is 5. The molecule has 4 aromatic rings. The molecule has 1 aromatic carbocycles. The van der Waals surface area contributed by atoms with Crippen LogP contribution < -0.4 is 14.8 Å². The number of nitrogens with one attached hydrogen (secondary N) is 1. The zero-order valence-electron chi connectivity index (χ0n) is 21.4. The highest BCUT2D eigenvalue weighted by atomic mass is 16.7. The highest BCUT2D eigenvalue weighted by Crippen LogP contribution is 2.34. The average molecular weight is 533 g/mol. The molecule has 1 aliphatic carbocycles. The molecule has 1 N–H and O–H groups in total. The Morgan fingerprint density at radius 2 is 1.97 bits per heavy atom. The molecule has 2 aliphatic rings. The largest absolute Gasteiger partial charge is 0.467 e. The number of benzene rings is 1. The maximum atomic E-state index is 13.9. The lowest BCUT2D eigenvalue weighted by Gasteiger charge is -2.30. The summed E-state index contributed by atoms with van der Waals surface area (Å²) >= 11 is 0. The first-order chi connectivity index (χ1) is 19.0. The summed E-state index contributed by atoms with van der Waals surface area (Å²) in [6, 6.07) is 11.4. The van der Waals surface area contributed by atoms with Crippen molar-refractivity contribution in [3.8, 4) is 23.1 Å². The lowest BCUT2D eigenvalue weighted by molar-refractivity contribution is -0.143. The van der Waals surface area contributed by atoms with Gasteiger partial charge in [0.25, 0.3) is 5.91 Å². The van der Waals surface area contributed by atoms with Crippen LogP contribution in [-0.2, 0) is 22.7 Å². The van der Waals surface area contributed by atoms with Crippen molar-refractivity contribution in [1.82, 2.24) is 30.4 Å². The van der Waals surface area contributed by atoms with Gasteiger partial charge in [0, 0.05) is 12.6 Å². The number of hydrogen-bond donors (Lipinski definition) is 1. The van der Waals surface area contributed by atoms with E-state index in [0.717, 1.165) is 31.2 Å². The number of furan rings is 2. The van der Waals surface area contributed by atoms with Crippen LogP contribution in [-0.4, -0.2) is 49.8 Å². The number of hydrogen-bond acceptors (Lipinski definition) is 9. The van der Waals surface area contributed by atoms with E-state index < -0.39 is 11.9 Å². The molecule has 2 amide bonds. The molecule has 0 bridgehead atoms. The van der Waals surface area contributed by atoms with Crippen molar-refractivity contribution in [1.29, 1.82) is 0 Å². The van der Waals surface area contributed by atoms with Gasteiger partial charge >= 0.3 is 0 Å². The van der Waals surface area contributed by atoms with E-state index in [0.29, 0.717) is 28.8 Å². The summed E-state index contributed by atoms with van der Waals surface area (Å²) in [6.07, 6.45) is 5.43. The summed E-state index contributed by atoms with van der Waals surface area (Å²) < 4.78 is 22.2. The van der Waals surface area contributed by atoms with Crippen molar-refractivity contribution in [3.63, 3.8) is 0 Å². The van der Waals surface area contributed by atoms with E-state index in [1.54, 1.807) is 30.3 Å². The smallest absolute Gasteiger partial charge is 0.250 e. The summed E-state index contributed by atoms with van der Waals surface area (Å²) in [5, 5.41) is 15.5. The van der Waals surface area contributed by atoms with Crippen molar-refractivity contribution in [3.05, 3.63) is 65.8 Å². The monoisotopic (exact) mass is 532 g/mol. The third kappa shape index (κ3) is 5.35. The molecule has 1 saturated carbocycles. The van der Waals surface area contributed by atoms with Crippen molar-refractivity contribution in [2.45, 2.75) is 57.8 Å². The number of aromatic nitrogens is 4. The average Bonchev–Trinajstić information content (AvgIpc) is 3.75. The quantitative estimate of drug-likeness (QED) is 0.344. The highest BCUT2D eigenvalue weighted by molar-refractivity contribution is 5.88. The summed E-state index contributed by atoms with van der Waals surface area (Å²) in [4.78, 5) is 30.2. The molecule has 0 saturated heterocycles. The third-order valence-corrected chi connectivity index (χ3v) is 6.87. The Hall–Kier alpha value is -4.61. The van der Waals surface area contributed by atoms with Crippen LogP contribution in [0.15, 0.2) is 57.6 Å². The van der Waals surface area contributed by atoms with Crippen LogP contribution in [0.2, 0.25) is 0 Å². The third-order valence-electron chi connectivity index (χ3n) is 6.87. The number of fused-ring (bicyclic) bond motifs is 1. The first kappa shape index (κ1) is 24.7. The van der Waals surface area contributed by atoms with Crippen molar-refractivity contribution in [2.75, 3.05) is 6.79 Å². The van der Waals surface area contributed by atoms with Gasteiger partial charge in [0.05, 0.1) is 6.26 Å². The van der Waals surface area contributed by atoms with E-state index in [-0.39, 0.29) is 37.7 Å². The van der Waals surface area contributed by atoms with Crippen molar-refractivity contribution >= 4 is 11.8 Å². The highest BCUT2D eigenvalue weighted by Gasteiger charge is 2.36. The molecule has 0 spiro atoms. The minimum Gasteiger partial charge on any atom is -0.467 e. The summed E-state index contributed by atoms with van der Waals surface area (Å²) in [5.41, 5.74) is 0.760. The van der Waals surface area contributed by atoms with Gasteiger partial charge in [-0.2, -0.15) is 4.80 Å². The zero-order chi connectivity index (χ0) is 26.8. The molecule has 1 atom stereocenters. The number of carbonyl (C=O) groups excluding carboxylic acids is 2. The number of rotatable bonds is 9. The molecule has 3 aromatic heterocycles. The molecule has 6 rings (SSSR count). The van der Waals surface area contributed by atoms with Gasteiger partial charge in [-0.25, -0.2) is 0 Å². The van der Waals surface area contributed by atoms with Crippen LogP contribution in [0.3, 0.4) is 0 Å². The first-order valence-corrected chi connectivity index (χ1v) is 12.9. The SMILES string of the molecule is Cc1ccc(-c2nnn(CC(=O)N(Cc3ccc4c(c3)OCO4)C(C(=O)NC3CCCC3)c3ccco3)n2)o1. The summed E-state index contributed by atoms with van der Waals surface area (Å²) in [5.74, 6) is 2.30. The van der Waals surface area contributed by atoms with Gasteiger partial charge in [-0.15, -0.1) is 10.2 Å². The lowest BCUT2D eigenvalue weighted by Crippen LogP contribution is -2.46. The second-order valence-corrected chi connectivity index (χ2v) is 9.67. The number of ether oxygens (including phenoxy) is 2. The molecule has 39 heavy (non-hydrogen) atoms. The predicted octanol–water partition coefficient (Wildman–Crippen LogP) is 3.39. The van der Waals surface area contributed by atoms with Crippen LogP contribution >= 0.6 is 0 Å². The van der Waals surface area contributed by atoms with E-state index >= 15 is 0 Å². The number of carbonyl (C=O) groups is 2. The Bertz CT molecular complexity index is 1460. The van der Waals surface area contributed by atoms with Gasteiger partial charge < -0.3 is 28.5 Å². The number of aryl methyl sites for hydroxylation is 1. The Balaban J connectivity index is 1.30. The van der Waals surface area contributed by atoms with E-state index in [2.05, 4.69) is 20.7 Å². The Morgan fingerprint density at radius 3 is 2.74 bits per heavy atom. The maximum absolute atomic E-state index is 13.9. The minimum atomic E-state index is -1.01. The fourth-order valence-electron chi connectivity index (χ4n) is 4.96. The first-order valence-electron chi connectivity index (χ1n) is 12.9. The molecule has 202 valence electrons. The molecule has 1 aliphatic heterocycles. The number of tetrazole rings is 1. The van der Waals surface area contributed by atoms with Crippen LogP contribution in [0, 0.1) is 6.92 Å².